The second-order valence-electron chi connectivity index (χ2n) is 5.35. The maximum Gasteiger partial charge on any atom is 0.321 e. The molecule has 8 heteroatoms. The molecule has 0 spiro atoms. The summed E-state index contributed by atoms with van der Waals surface area (Å²) in [5.74, 6) is -1.01. The number of carbonyl (C=O) groups is 2. The summed E-state index contributed by atoms with van der Waals surface area (Å²) in [5, 5.41) is 6.80. The number of amides is 3. The van der Waals surface area contributed by atoms with E-state index in [2.05, 4.69) is 10.6 Å². The summed E-state index contributed by atoms with van der Waals surface area (Å²) in [4.78, 5) is 23.3. The monoisotopic (exact) mass is 364 g/mol. The first-order valence-corrected chi connectivity index (χ1v) is 8.08. The third kappa shape index (κ3) is 6.33. The van der Waals surface area contributed by atoms with Gasteiger partial charge < -0.3 is 10.6 Å². The Bertz CT molecular complexity index is 584. The first-order chi connectivity index (χ1) is 10.7. The van der Waals surface area contributed by atoms with Gasteiger partial charge >= 0.3 is 6.03 Å². The van der Waals surface area contributed by atoms with Crippen LogP contribution in [0, 0.1) is 5.82 Å². The van der Waals surface area contributed by atoms with E-state index in [-0.39, 0.29) is 23.7 Å². The SMILES string of the molecule is CC[C@@H](C)NC(=O)NC(=O)C[NH2+][C@H](C)c1cc(F)c(Cl)cc1Cl. The number of imide groups is 1. The smallest absolute Gasteiger partial charge is 0.321 e. The molecular formula is C15H21Cl2FN3O2+. The molecule has 1 aromatic rings. The van der Waals surface area contributed by atoms with E-state index in [1.165, 1.54) is 12.1 Å². The molecule has 4 N–H and O–H groups in total. The molecule has 0 aromatic heterocycles. The zero-order chi connectivity index (χ0) is 17.6. The largest absolute Gasteiger partial charge is 0.335 e. The molecule has 0 fully saturated rings. The Morgan fingerprint density at radius 3 is 2.52 bits per heavy atom. The molecular weight excluding hydrogens is 344 g/mol. The van der Waals surface area contributed by atoms with E-state index in [0.29, 0.717) is 10.6 Å². The van der Waals surface area contributed by atoms with Crippen molar-refractivity contribution in [1.29, 1.82) is 0 Å². The molecule has 0 aliphatic heterocycles. The molecule has 5 nitrogen and oxygen atoms in total. The number of nitrogens with one attached hydrogen (secondary N) is 2. The lowest BCUT2D eigenvalue weighted by atomic mass is 10.1. The minimum Gasteiger partial charge on any atom is -0.335 e. The van der Waals surface area contributed by atoms with Crippen LogP contribution in [0.15, 0.2) is 12.1 Å². The first kappa shape index (κ1) is 19.7. The van der Waals surface area contributed by atoms with Gasteiger partial charge in [-0.2, -0.15) is 0 Å². The number of rotatable bonds is 6. The van der Waals surface area contributed by atoms with Crippen LogP contribution in [0.3, 0.4) is 0 Å². The van der Waals surface area contributed by atoms with Crippen LogP contribution in [0.25, 0.3) is 0 Å². The highest BCUT2D eigenvalue weighted by molar-refractivity contribution is 6.35. The van der Waals surface area contributed by atoms with Gasteiger partial charge in [-0.25, -0.2) is 9.18 Å². The number of benzene rings is 1. The standard InChI is InChI=1S/C15H20Cl2FN3O2/c1-4-8(2)20-15(23)21-14(22)7-19-9(3)10-5-13(18)12(17)6-11(10)16/h5-6,8-9,19H,4,7H2,1-3H3,(H2,20,21,22,23)/p+1/t8-,9-/m1/s1. The Balaban J connectivity index is 2.53. The van der Waals surface area contributed by atoms with E-state index in [1.54, 1.807) is 12.2 Å². The summed E-state index contributed by atoms with van der Waals surface area (Å²) in [7, 11) is 0. The molecule has 0 saturated heterocycles. The lowest BCUT2D eigenvalue weighted by molar-refractivity contribution is -0.682. The molecule has 0 heterocycles. The summed E-state index contributed by atoms with van der Waals surface area (Å²) in [5.41, 5.74) is 0.533. The van der Waals surface area contributed by atoms with Crippen LogP contribution < -0.4 is 16.0 Å². The highest BCUT2D eigenvalue weighted by Gasteiger charge is 2.18. The fraction of sp³-hybridized carbons (Fsp3) is 0.467. The van der Waals surface area contributed by atoms with Gasteiger partial charge in [-0.15, -0.1) is 0 Å². The van der Waals surface area contributed by atoms with Crippen molar-refractivity contribution in [2.75, 3.05) is 6.54 Å². The minimum atomic E-state index is -0.566. The van der Waals surface area contributed by atoms with E-state index in [4.69, 9.17) is 23.2 Å². The van der Waals surface area contributed by atoms with Crippen LogP contribution in [-0.2, 0) is 4.79 Å². The van der Waals surface area contributed by atoms with Crippen LogP contribution in [-0.4, -0.2) is 24.5 Å². The highest BCUT2D eigenvalue weighted by Crippen LogP contribution is 2.27. The average molecular weight is 365 g/mol. The third-order valence-electron chi connectivity index (χ3n) is 3.43. The Hall–Kier alpha value is -1.37. The summed E-state index contributed by atoms with van der Waals surface area (Å²) in [6, 6.07) is 1.78. The number of halogens is 3. The van der Waals surface area contributed by atoms with Crippen molar-refractivity contribution in [3.8, 4) is 0 Å². The average Bonchev–Trinajstić information content (AvgIpc) is 2.48. The number of carbonyl (C=O) groups excluding carboxylic acids is 2. The molecule has 128 valence electrons. The van der Waals surface area contributed by atoms with E-state index < -0.39 is 17.8 Å². The van der Waals surface area contributed by atoms with E-state index in [9.17, 15) is 14.0 Å². The van der Waals surface area contributed by atoms with E-state index in [1.807, 2.05) is 13.8 Å². The Morgan fingerprint density at radius 2 is 1.91 bits per heavy atom. The zero-order valence-electron chi connectivity index (χ0n) is 13.3. The number of hydrogen-bond acceptors (Lipinski definition) is 2. The van der Waals surface area contributed by atoms with Crippen molar-refractivity contribution in [1.82, 2.24) is 10.6 Å². The van der Waals surface area contributed by atoms with Gasteiger partial charge in [0, 0.05) is 11.6 Å². The Kier molecular flexibility index (Phi) is 7.75. The van der Waals surface area contributed by atoms with Gasteiger partial charge in [-0.05, 0) is 32.4 Å². The van der Waals surface area contributed by atoms with Crippen LogP contribution in [0.2, 0.25) is 10.0 Å². The van der Waals surface area contributed by atoms with Crippen LogP contribution in [0.4, 0.5) is 9.18 Å². The molecule has 0 unspecified atom stereocenters. The molecule has 0 aliphatic carbocycles. The van der Waals surface area contributed by atoms with Gasteiger partial charge in [-0.3, -0.25) is 10.1 Å². The van der Waals surface area contributed by atoms with Crippen molar-refractivity contribution in [2.45, 2.75) is 39.3 Å². The van der Waals surface area contributed by atoms with Gasteiger partial charge in [0.1, 0.15) is 11.9 Å². The van der Waals surface area contributed by atoms with Gasteiger partial charge in [-0.1, -0.05) is 30.1 Å². The number of urea groups is 1. The van der Waals surface area contributed by atoms with E-state index in [0.717, 1.165) is 6.42 Å². The van der Waals surface area contributed by atoms with Crippen LogP contribution >= 0.6 is 23.2 Å². The molecule has 1 aromatic carbocycles. The second kappa shape index (κ2) is 9.05. The lowest BCUT2D eigenvalue weighted by Gasteiger charge is -2.14. The highest BCUT2D eigenvalue weighted by atomic mass is 35.5. The molecule has 3 amide bonds. The summed E-state index contributed by atoms with van der Waals surface area (Å²) in [6.45, 7) is 5.56. The Labute approximate surface area is 144 Å². The quantitative estimate of drug-likeness (QED) is 0.677. The molecule has 0 radical (unpaired) electrons. The number of quaternary nitrogens is 1. The molecule has 1 rings (SSSR count). The normalized spacial score (nSPS) is 13.3. The third-order valence-corrected chi connectivity index (χ3v) is 4.05. The first-order valence-electron chi connectivity index (χ1n) is 7.32. The molecule has 23 heavy (non-hydrogen) atoms. The van der Waals surface area contributed by atoms with Crippen molar-refractivity contribution in [3.05, 3.63) is 33.6 Å². The van der Waals surface area contributed by atoms with Gasteiger partial charge in [0.25, 0.3) is 5.91 Å². The fourth-order valence-corrected chi connectivity index (χ4v) is 2.39. The summed E-state index contributed by atoms with van der Waals surface area (Å²) < 4.78 is 13.5. The van der Waals surface area contributed by atoms with Crippen molar-refractivity contribution in [2.24, 2.45) is 0 Å². The predicted octanol–water partition coefficient (Wildman–Crippen LogP) is 2.38. The maximum atomic E-state index is 13.5. The minimum absolute atomic E-state index is 0.00959. The Morgan fingerprint density at radius 1 is 1.26 bits per heavy atom. The maximum absolute atomic E-state index is 13.5. The van der Waals surface area contributed by atoms with Crippen molar-refractivity contribution in [3.63, 3.8) is 0 Å². The second-order valence-corrected chi connectivity index (χ2v) is 6.16. The summed E-state index contributed by atoms with van der Waals surface area (Å²) >= 11 is 11.7. The molecule has 0 aliphatic rings. The van der Waals surface area contributed by atoms with E-state index >= 15 is 0 Å². The number of nitrogens with two attached hydrogens (primary N) is 1. The molecule has 2 atom stereocenters. The lowest BCUT2D eigenvalue weighted by Crippen LogP contribution is -2.87. The van der Waals surface area contributed by atoms with Crippen molar-refractivity contribution >= 4 is 35.1 Å². The van der Waals surface area contributed by atoms with Crippen LogP contribution in [0.5, 0.6) is 0 Å². The van der Waals surface area contributed by atoms with Crippen molar-refractivity contribution < 1.29 is 19.3 Å². The van der Waals surface area contributed by atoms with Crippen LogP contribution in [0.1, 0.15) is 38.8 Å². The zero-order valence-corrected chi connectivity index (χ0v) is 14.8. The fourth-order valence-electron chi connectivity index (χ4n) is 1.84. The van der Waals surface area contributed by atoms with Gasteiger partial charge in [0.15, 0.2) is 6.54 Å². The molecule has 0 bridgehead atoms. The number of hydrogen-bond donors (Lipinski definition) is 3. The van der Waals surface area contributed by atoms with Gasteiger partial charge in [0.05, 0.1) is 10.0 Å². The predicted molar refractivity (Wildman–Crippen MR) is 88.1 cm³/mol. The summed E-state index contributed by atoms with van der Waals surface area (Å²) in [6.07, 6.45) is 0.769. The molecule has 0 saturated carbocycles. The topological polar surface area (TPSA) is 74.8 Å². The van der Waals surface area contributed by atoms with Gasteiger partial charge in [0.2, 0.25) is 0 Å².